The Morgan fingerprint density at radius 3 is 2.83 bits per heavy atom. The molecule has 0 saturated carbocycles. The lowest BCUT2D eigenvalue weighted by Crippen LogP contribution is -2.01. The fourth-order valence-corrected chi connectivity index (χ4v) is 1.78. The van der Waals surface area contributed by atoms with E-state index in [4.69, 9.17) is 5.14 Å². The van der Waals surface area contributed by atoms with Crippen molar-refractivity contribution in [2.75, 3.05) is 0 Å². The molecule has 2 aromatic rings. The lowest BCUT2D eigenvalue weighted by molar-refractivity contribution is 0.685. The Morgan fingerprint density at radius 2 is 2.08 bits per heavy atom. The maximum Gasteiger partial charge on any atom is 0.124 e. The van der Waals surface area contributed by atoms with Crippen molar-refractivity contribution in [3.63, 3.8) is 0 Å². The normalized spacial score (nSPS) is 13.4. The minimum Gasteiger partial charge on any atom is -0.360 e. The van der Waals surface area contributed by atoms with Gasteiger partial charge in [-0.25, -0.2) is 9.35 Å². The molecule has 0 amide bonds. The average Bonchev–Trinajstić information content (AvgIpc) is 2.47. The summed E-state index contributed by atoms with van der Waals surface area (Å²) in [5.74, 6) is 0. The summed E-state index contributed by atoms with van der Waals surface area (Å²) in [5, 5.41) is 6.21. The predicted molar refractivity (Wildman–Crippen MR) is 48.9 cm³/mol. The van der Waals surface area contributed by atoms with Gasteiger partial charge in [-0.1, -0.05) is 18.2 Å². The molecular formula is C8H8N2OS. The van der Waals surface area contributed by atoms with E-state index in [0.29, 0.717) is 4.90 Å². The predicted octanol–water partition coefficient (Wildman–Crippen LogP) is 1.15. The largest absolute Gasteiger partial charge is 0.360 e. The van der Waals surface area contributed by atoms with Crippen molar-refractivity contribution in [3.05, 3.63) is 30.5 Å². The number of H-pyrrole nitrogens is 1. The van der Waals surface area contributed by atoms with Gasteiger partial charge in [-0.15, -0.1) is 0 Å². The SMILES string of the molecule is NS(=O)c1c[nH]c2ccccc12. The number of fused-ring (bicyclic) bond motifs is 1. The quantitative estimate of drug-likeness (QED) is 0.679. The van der Waals surface area contributed by atoms with Crippen LogP contribution in [0.4, 0.5) is 0 Å². The molecule has 0 aliphatic carbocycles. The lowest BCUT2D eigenvalue weighted by Gasteiger charge is -1.90. The van der Waals surface area contributed by atoms with Crippen LogP contribution in [-0.2, 0) is 11.0 Å². The van der Waals surface area contributed by atoms with Crippen LogP contribution in [-0.4, -0.2) is 9.19 Å². The maximum absolute atomic E-state index is 11.0. The van der Waals surface area contributed by atoms with Crippen LogP contribution in [0.2, 0.25) is 0 Å². The molecule has 0 bridgehead atoms. The highest BCUT2D eigenvalue weighted by molar-refractivity contribution is 7.83. The molecule has 62 valence electrons. The number of aromatic nitrogens is 1. The second-order valence-corrected chi connectivity index (χ2v) is 3.53. The molecule has 1 atom stereocenters. The highest BCUT2D eigenvalue weighted by Crippen LogP contribution is 2.18. The van der Waals surface area contributed by atoms with Crippen molar-refractivity contribution in [2.45, 2.75) is 4.90 Å². The molecule has 1 unspecified atom stereocenters. The van der Waals surface area contributed by atoms with Gasteiger partial charge in [0.15, 0.2) is 0 Å². The number of aromatic amines is 1. The third kappa shape index (κ3) is 1.05. The van der Waals surface area contributed by atoms with E-state index in [1.807, 2.05) is 24.3 Å². The molecule has 0 radical (unpaired) electrons. The van der Waals surface area contributed by atoms with E-state index in [-0.39, 0.29) is 0 Å². The summed E-state index contributed by atoms with van der Waals surface area (Å²) in [5.41, 5.74) is 0.964. The van der Waals surface area contributed by atoms with Crippen molar-refractivity contribution in [1.29, 1.82) is 0 Å². The van der Waals surface area contributed by atoms with Crippen molar-refractivity contribution in [2.24, 2.45) is 5.14 Å². The Morgan fingerprint density at radius 1 is 1.33 bits per heavy atom. The molecule has 0 aliphatic heterocycles. The summed E-state index contributed by atoms with van der Waals surface area (Å²) < 4.78 is 11.0. The minimum absolute atomic E-state index is 0.658. The molecule has 1 aromatic carbocycles. The summed E-state index contributed by atoms with van der Waals surface area (Å²) in [6.45, 7) is 0. The molecule has 12 heavy (non-hydrogen) atoms. The van der Waals surface area contributed by atoms with Gasteiger partial charge in [0.2, 0.25) is 0 Å². The van der Waals surface area contributed by atoms with Crippen LogP contribution in [0.25, 0.3) is 10.9 Å². The number of hydrogen-bond acceptors (Lipinski definition) is 1. The molecule has 1 heterocycles. The van der Waals surface area contributed by atoms with Gasteiger partial charge in [0.05, 0.1) is 4.90 Å². The van der Waals surface area contributed by atoms with Crippen molar-refractivity contribution >= 4 is 21.9 Å². The Labute approximate surface area is 72.2 Å². The number of hydrogen-bond donors (Lipinski definition) is 2. The summed E-state index contributed by atoms with van der Waals surface area (Å²) in [4.78, 5) is 3.65. The fourth-order valence-electron chi connectivity index (χ4n) is 1.21. The Kier molecular flexibility index (Phi) is 1.71. The standard InChI is InChI=1S/C8H8N2OS/c9-12(11)8-5-10-7-4-2-1-3-6(7)8/h1-5,10H,9H2. The van der Waals surface area contributed by atoms with Crippen molar-refractivity contribution < 1.29 is 4.21 Å². The van der Waals surface area contributed by atoms with Gasteiger partial charge in [0, 0.05) is 17.1 Å². The van der Waals surface area contributed by atoms with Crippen LogP contribution in [0, 0.1) is 0 Å². The monoisotopic (exact) mass is 180 g/mol. The van der Waals surface area contributed by atoms with Crippen LogP contribution in [0.5, 0.6) is 0 Å². The third-order valence-corrected chi connectivity index (χ3v) is 2.54. The highest BCUT2D eigenvalue weighted by atomic mass is 32.2. The maximum atomic E-state index is 11.0. The Bertz CT molecular complexity index is 435. The van der Waals surface area contributed by atoms with Crippen molar-refractivity contribution in [1.82, 2.24) is 4.98 Å². The number of nitrogens with two attached hydrogens (primary N) is 1. The molecular weight excluding hydrogens is 172 g/mol. The summed E-state index contributed by atoms with van der Waals surface area (Å²) in [6, 6.07) is 7.63. The number of benzene rings is 1. The summed E-state index contributed by atoms with van der Waals surface area (Å²) in [6.07, 6.45) is 1.68. The van der Waals surface area contributed by atoms with E-state index in [2.05, 4.69) is 4.98 Å². The van der Waals surface area contributed by atoms with Gasteiger partial charge in [-0.3, -0.25) is 0 Å². The molecule has 0 aliphatic rings. The molecule has 0 fully saturated rings. The van der Waals surface area contributed by atoms with Gasteiger partial charge in [0.1, 0.15) is 11.0 Å². The van der Waals surface area contributed by atoms with Gasteiger partial charge in [0.25, 0.3) is 0 Å². The molecule has 3 nitrogen and oxygen atoms in total. The second kappa shape index (κ2) is 2.73. The first kappa shape index (κ1) is 7.52. The molecule has 3 N–H and O–H groups in total. The highest BCUT2D eigenvalue weighted by Gasteiger charge is 2.04. The molecule has 0 saturated heterocycles. The van der Waals surface area contributed by atoms with E-state index in [0.717, 1.165) is 10.9 Å². The zero-order chi connectivity index (χ0) is 8.55. The number of para-hydroxylation sites is 1. The summed E-state index contributed by atoms with van der Waals surface area (Å²) in [7, 11) is -1.40. The van der Waals surface area contributed by atoms with Crippen LogP contribution in [0.1, 0.15) is 0 Å². The summed E-state index contributed by atoms with van der Waals surface area (Å²) >= 11 is 0. The number of rotatable bonds is 1. The first-order valence-electron chi connectivity index (χ1n) is 3.51. The first-order chi connectivity index (χ1) is 5.79. The van der Waals surface area contributed by atoms with Crippen LogP contribution in [0.15, 0.2) is 35.4 Å². The lowest BCUT2D eigenvalue weighted by atomic mass is 10.2. The molecule has 0 spiro atoms. The van der Waals surface area contributed by atoms with E-state index < -0.39 is 11.0 Å². The van der Waals surface area contributed by atoms with Crippen molar-refractivity contribution in [3.8, 4) is 0 Å². The van der Waals surface area contributed by atoms with E-state index in [1.165, 1.54) is 0 Å². The molecule has 1 aromatic heterocycles. The topological polar surface area (TPSA) is 58.9 Å². The number of nitrogens with one attached hydrogen (secondary N) is 1. The molecule has 4 heteroatoms. The van der Waals surface area contributed by atoms with E-state index >= 15 is 0 Å². The third-order valence-electron chi connectivity index (χ3n) is 1.77. The average molecular weight is 180 g/mol. The zero-order valence-corrected chi connectivity index (χ0v) is 7.10. The van der Waals surface area contributed by atoms with E-state index in [9.17, 15) is 4.21 Å². The van der Waals surface area contributed by atoms with Crippen LogP contribution >= 0.6 is 0 Å². The minimum atomic E-state index is -1.40. The van der Waals surface area contributed by atoms with Gasteiger partial charge < -0.3 is 4.98 Å². The van der Waals surface area contributed by atoms with Gasteiger partial charge in [-0.05, 0) is 6.07 Å². The van der Waals surface area contributed by atoms with Crippen LogP contribution < -0.4 is 5.14 Å². The van der Waals surface area contributed by atoms with E-state index in [1.54, 1.807) is 6.20 Å². The first-order valence-corrected chi connectivity index (χ1v) is 4.72. The molecule has 2 rings (SSSR count). The smallest absolute Gasteiger partial charge is 0.124 e. The second-order valence-electron chi connectivity index (χ2n) is 2.50. The Hall–Kier alpha value is -1.13. The van der Waals surface area contributed by atoms with Gasteiger partial charge in [-0.2, -0.15) is 0 Å². The van der Waals surface area contributed by atoms with Crippen LogP contribution in [0.3, 0.4) is 0 Å². The Balaban J connectivity index is 2.79. The fraction of sp³-hybridized carbons (Fsp3) is 0. The zero-order valence-electron chi connectivity index (χ0n) is 6.28. The van der Waals surface area contributed by atoms with Gasteiger partial charge >= 0.3 is 0 Å².